The fourth-order valence-corrected chi connectivity index (χ4v) is 11.4. The number of hydrogen-bond acceptors (Lipinski definition) is 5. The zero-order valence-corrected chi connectivity index (χ0v) is 71.0. The summed E-state index contributed by atoms with van der Waals surface area (Å²) in [5, 5.41) is 7.25. The van der Waals surface area contributed by atoms with Crippen LogP contribution in [-0.2, 0) is 15.4 Å². The molecule has 14 heteroatoms. The normalized spacial score (nSPS) is 10.7. The Morgan fingerprint density at radius 1 is 0.482 bits per heavy atom. The third kappa shape index (κ3) is 39.2. The van der Waals surface area contributed by atoms with E-state index in [1.807, 2.05) is 138 Å². The quantitative estimate of drug-likeness (QED) is 0.0343. The van der Waals surface area contributed by atoms with E-state index in [0.717, 1.165) is 50.4 Å². The number of carbonyl (C=O) groups excluding carboxylic acids is 1. The summed E-state index contributed by atoms with van der Waals surface area (Å²) in [6.07, 6.45) is -4.23. The van der Waals surface area contributed by atoms with E-state index in [4.69, 9.17) is 34.1 Å². The van der Waals surface area contributed by atoms with Gasteiger partial charge >= 0.3 is 6.18 Å². The third-order valence-corrected chi connectivity index (χ3v) is 18.5. The largest absolute Gasteiger partial charge is 0.416 e. The molecule has 0 spiro atoms. The van der Waals surface area contributed by atoms with E-state index in [1.165, 1.54) is 104 Å². The van der Waals surface area contributed by atoms with E-state index in [1.54, 1.807) is 6.07 Å². The van der Waals surface area contributed by atoms with Crippen molar-refractivity contribution in [1.82, 2.24) is 10.2 Å². The van der Waals surface area contributed by atoms with Gasteiger partial charge in [0.25, 0.3) is 5.91 Å². The SMILES string of the molecule is C.CC(C)c1ccc(C(=O)NCCN(C)C)cc1.CC(C)c1ccc(Cl)cc1.CC(C)c1ccc(F)cc1F.CC(C)c1ccc2ccccc2c1.CC(C)c1cccc(C(F)(F)F)c1.CC(C)c1ccccc1Cl.COOSc1ccc(C(C)C)cc1.Cc1cccc(C)c1C(C)C.[C-]#[N+]c1ccc(C(C)C)cc1. The number of alkyl halides is 3. The zero-order valence-electron chi connectivity index (χ0n) is 68.6. The molecule has 0 saturated heterocycles. The first-order chi connectivity index (χ1) is 51.3. The molecule has 0 unspecified atom stereocenters. The Morgan fingerprint density at radius 2 is 0.918 bits per heavy atom. The lowest BCUT2D eigenvalue weighted by Gasteiger charge is -2.12. The molecule has 1 N–H and O–H groups in total. The molecule has 0 aliphatic carbocycles. The number of aryl methyl sites for hydroxylation is 2. The predicted molar refractivity (Wildman–Crippen MR) is 465 cm³/mol. The lowest BCUT2D eigenvalue weighted by Crippen LogP contribution is -2.31. The van der Waals surface area contributed by atoms with Crippen LogP contribution in [0.3, 0.4) is 0 Å². The number of rotatable bonds is 16. The summed E-state index contributed by atoms with van der Waals surface area (Å²) in [4.78, 5) is 22.7. The van der Waals surface area contributed by atoms with Gasteiger partial charge < -0.3 is 10.2 Å². The summed E-state index contributed by atoms with van der Waals surface area (Å²) in [6.45, 7) is 50.6. The molecule has 0 aliphatic rings. The molecule has 0 saturated carbocycles. The van der Waals surface area contributed by atoms with Gasteiger partial charge in [-0.05, 0) is 208 Å². The molecule has 0 bridgehead atoms. The first-order valence-corrected chi connectivity index (χ1v) is 39.0. The summed E-state index contributed by atoms with van der Waals surface area (Å²) < 4.78 is 66.7. The summed E-state index contributed by atoms with van der Waals surface area (Å²) >= 11 is 12.9. The smallest absolute Gasteiger partial charge is 0.351 e. The minimum Gasteiger partial charge on any atom is -0.351 e. The number of hydrogen-bond donors (Lipinski definition) is 1. The Labute approximate surface area is 673 Å². The molecule has 1 amide bonds. The number of halogens is 7. The van der Waals surface area contributed by atoms with E-state index >= 15 is 0 Å². The molecule has 110 heavy (non-hydrogen) atoms. The Balaban J connectivity index is 0.000000621. The van der Waals surface area contributed by atoms with Crippen molar-refractivity contribution in [3.63, 3.8) is 0 Å². The van der Waals surface area contributed by atoms with Crippen molar-refractivity contribution in [1.29, 1.82) is 0 Å². The number of carbonyl (C=O) groups is 1. The lowest BCUT2D eigenvalue weighted by molar-refractivity contribution is -0.160. The van der Waals surface area contributed by atoms with Gasteiger partial charge in [-0.3, -0.25) is 4.79 Å². The topological polar surface area (TPSA) is 55.2 Å². The van der Waals surface area contributed by atoms with Crippen LogP contribution in [0.4, 0.5) is 27.6 Å². The first-order valence-electron chi connectivity index (χ1n) is 37.5. The van der Waals surface area contributed by atoms with Crippen molar-refractivity contribution in [3.8, 4) is 0 Å². The average molecular weight is 1570 g/mol. The highest BCUT2D eigenvalue weighted by Gasteiger charge is 2.30. The van der Waals surface area contributed by atoms with Crippen LogP contribution in [0.25, 0.3) is 15.6 Å². The number of likely N-dealkylation sites (N-methyl/N-ethyl adjacent to an activating group) is 1. The fraction of sp³-hybridized carbons (Fsp3) is 0.375. The number of nitrogens with zero attached hydrogens (tertiary/aromatic N) is 2. The molecule has 6 nitrogen and oxygen atoms in total. The maximum absolute atomic E-state index is 12.9. The average Bonchev–Trinajstić information content (AvgIpc) is 0.850. The Morgan fingerprint density at radius 3 is 1.34 bits per heavy atom. The van der Waals surface area contributed by atoms with Gasteiger partial charge in [0.1, 0.15) is 11.6 Å². The summed E-state index contributed by atoms with van der Waals surface area (Å²) in [5.41, 5.74) is 14.4. The molecular weight excluding hydrogens is 1440 g/mol. The second-order valence-electron chi connectivity index (χ2n) is 29.4. The highest BCUT2D eigenvalue weighted by atomic mass is 35.5. The van der Waals surface area contributed by atoms with Crippen LogP contribution < -0.4 is 5.32 Å². The molecular formula is C96H124Cl2F5N3O3S. The number of nitrogens with one attached hydrogen (secondary N) is 1. The van der Waals surface area contributed by atoms with E-state index in [-0.39, 0.29) is 25.2 Å². The molecule has 10 aromatic rings. The van der Waals surface area contributed by atoms with Crippen molar-refractivity contribution in [2.45, 2.75) is 210 Å². The third-order valence-electron chi connectivity index (χ3n) is 17.2. The minimum atomic E-state index is -4.23. The number of fused-ring (bicyclic) bond motifs is 1. The number of amides is 1. The van der Waals surface area contributed by atoms with Gasteiger partial charge in [-0.25, -0.2) is 18.5 Å². The van der Waals surface area contributed by atoms with Crippen LogP contribution in [-0.4, -0.2) is 45.1 Å². The van der Waals surface area contributed by atoms with E-state index < -0.39 is 23.4 Å². The molecule has 0 aromatic heterocycles. The van der Waals surface area contributed by atoms with Crippen LogP contribution in [0.1, 0.15) is 262 Å². The predicted octanol–water partition coefficient (Wildman–Crippen LogP) is 30.7. The van der Waals surface area contributed by atoms with Gasteiger partial charge in [0.15, 0.2) is 5.69 Å². The molecule has 0 radical (unpaired) electrons. The van der Waals surface area contributed by atoms with Crippen molar-refractivity contribution in [2.24, 2.45) is 0 Å². The maximum atomic E-state index is 12.9. The van der Waals surface area contributed by atoms with Gasteiger partial charge in [-0.15, -0.1) is 0 Å². The second kappa shape index (κ2) is 52.9. The van der Waals surface area contributed by atoms with Crippen LogP contribution in [0.15, 0.2) is 229 Å². The number of benzene rings is 10. The highest BCUT2D eigenvalue weighted by Crippen LogP contribution is 2.32. The molecule has 0 fully saturated rings. The van der Waals surface area contributed by atoms with Crippen molar-refractivity contribution in [3.05, 3.63) is 330 Å². The standard InChI is InChI=1S/C14H22N2O.C13H14.C11H16.C10H11F3.C10H11N.C10H14O2S.2C9H11Cl.C9H10F2.CH4/c1-11(2)12-5-7-13(8-6-12)14(17)15-9-10-16(3)4;1-10(2)12-8-7-11-5-3-4-6-13(11)9-12;1-8(2)11-9(3)6-5-7-10(11)4;1-7(2)8-4-3-5-9(6-8)10(11,12)13;1-8(2)9-4-6-10(11-3)7-5-9;1-8(2)9-4-6-10(7-5-9)13-12-11-3;1-7(2)8-3-5-9(10)6-4-8;1-7(2)8-5-3-4-6-9(8)10;1-6(2)8-4-3-7(10)5-9(8)11;/h5-8,11H,9-10H2,1-4H3,(H,15,17);3-10H,1-2H3;5-8H,1-4H3;3-7H,1-2H3;4-8H,1-2H3;4-8H,1-3H3;2*3-7H,1-2H3;3-6H,1-2H3;1H4. The van der Waals surface area contributed by atoms with Gasteiger partial charge in [0.05, 0.1) is 31.3 Å². The Bertz CT molecular complexity index is 4200. The van der Waals surface area contributed by atoms with Gasteiger partial charge in [-0.1, -0.05) is 319 Å². The molecule has 10 aromatic carbocycles. The van der Waals surface area contributed by atoms with Crippen LogP contribution in [0.5, 0.6) is 0 Å². The van der Waals surface area contributed by atoms with Crippen molar-refractivity contribution in [2.75, 3.05) is 34.3 Å². The zero-order chi connectivity index (χ0) is 82.1. The van der Waals surface area contributed by atoms with Crippen LogP contribution >= 0.6 is 35.2 Å². The highest BCUT2D eigenvalue weighted by molar-refractivity contribution is 7.94. The van der Waals surface area contributed by atoms with E-state index in [9.17, 15) is 26.7 Å². The Hall–Kier alpha value is -8.12. The van der Waals surface area contributed by atoms with E-state index in [0.29, 0.717) is 53.5 Å². The molecule has 0 heterocycles. The fourth-order valence-electron chi connectivity index (χ4n) is 10.6. The van der Waals surface area contributed by atoms with Crippen molar-refractivity contribution < 1.29 is 36.0 Å². The molecule has 10 rings (SSSR count). The van der Waals surface area contributed by atoms with Gasteiger partial charge in [-0.2, -0.15) is 17.5 Å². The Kier molecular flexibility index (Phi) is 48.1. The lowest BCUT2D eigenvalue weighted by atomic mass is 9.94. The second-order valence-corrected chi connectivity index (χ2v) is 31.1. The van der Waals surface area contributed by atoms with Gasteiger partial charge in [0.2, 0.25) is 0 Å². The monoisotopic (exact) mass is 1560 g/mol. The van der Waals surface area contributed by atoms with Crippen molar-refractivity contribution >= 4 is 57.6 Å². The molecule has 0 aliphatic heterocycles. The maximum Gasteiger partial charge on any atom is 0.416 e. The molecule has 0 atom stereocenters. The summed E-state index contributed by atoms with van der Waals surface area (Å²) in [5.74, 6) is 3.26. The van der Waals surface area contributed by atoms with Crippen LogP contribution in [0, 0.1) is 32.1 Å². The van der Waals surface area contributed by atoms with E-state index in [2.05, 4.69) is 217 Å². The first kappa shape index (κ1) is 99.9. The summed E-state index contributed by atoms with van der Waals surface area (Å²) in [7, 11) is 5.47. The van der Waals surface area contributed by atoms with Crippen LogP contribution in [0.2, 0.25) is 10.0 Å². The molecule has 596 valence electrons. The van der Waals surface area contributed by atoms with Gasteiger partial charge in [0, 0.05) is 39.7 Å². The summed E-state index contributed by atoms with van der Waals surface area (Å²) in [6, 6.07) is 70.5. The minimum absolute atomic E-state index is 0.